The number of fused-ring (bicyclic) bond motifs is 1. The summed E-state index contributed by atoms with van der Waals surface area (Å²) in [7, 11) is 3.15. The van der Waals surface area contributed by atoms with E-state index in [0.717, 1.165) is 10.9 Å². The van der Waals surface area contributed by atoms with Crippen LogP contribution >= 0.6 is 0 Å². The summed E-state index contributed by atoms with van der Waals surface area (Å²) in [6.07, 6.45) is 1.78. The molecule has 0 aliphatic rings. The Morgan fingerprint density at radius 2 is 1.95 bits per heavy atom. The van der Waals surface area contributed by atoms with Gasteiger partial charge in [-0.3, -0.25) is 20.4 Å². The molecule has 0 spiro atoms. The number of rotatable bonds is 4. The molecule has 7 nitrogen and oxygen atoms in total. The lowest BCUT2D eigenvalue weighted by Gasteiger charge is -2.10. The SMILES string of the molecule is COc1cc(OC)c2ccn(CC(=O)NNC(C)=O)c2c1. The van der Waals surface area contributed by atoms with Gasteiger partial charge >= 0.3 is 0 Å². The number of hydrogen-bond donors (Lipinski definition) is 2. The van der Waals surface area contributed by atoms with Crippen molar-refractivity contribution < 1.29 is 19.1 Å². The highest BCUT2D eigenvalue weighted by atomic mass is 16.5. The Balaban J connectivity index is 2.28. The topological polar surface area (TPSA) is 81.6 Å². The molecule has 0 saturated carbocycles. The maximum atomic E-state index is 11.8. The van der Waals surface area contributed by atoms with Gasteiger partial charge in [0.25, 0.3) is 5.91 Å². The number of carbonyl (C=O) groups excluding carboxylic acids is 2. The van der Waals surface area contributed by atoms with Gasteiger partial charge in [0.15, 0.2) is 0 Å². The molecule has 1 aromatic heterocycles. The van der Waals surface area contributed by atoms with Crippen LogP contribution in [0, 0.1) is 0 Å². The molecule has 1 heterocycles. The minimum atomic E-state index is -0.330. The predicted molar refractivity (Wildman–Crippen MR) is 77.0 cm³/mol. The third kappa shape index (κ3) is 3.25. The first-order valence-corrected chi connectivity index (χ1v) is 6.31. The summed E-state index contributed by atoms with van der Waals surface area (Å²) in [5.74, 6) is 0.653. The second-order valence-corrected chi connectivity index (χ2v) is 4.44. The van der Waals surface area contributed by atoms with Gasteiger partial charge in [0.05, 0.1) is 19.7 Å². The highest BCUT2D eigenvalue weighted by Gasteiger charge is 2.11. The molecular weight excluding hydrogens is 274 g/mol. The second-order valence-electron chi connectivity index (χ2n) is 4.44. The van der Waals surface area contributed by atoms with Crippen LogP contribution in [-0.4, -0.2) is 30.6 Å². The number of amides is 2. The standard InChI is InChI=1S/C14H17N3O4/c1-9(18)15-16-14(19)8-17-5-4-11-12(17)6-10(20-2)7-13(11)21-3/h4-7H,8H2,1-3H3,(H,15,18)(H,16,19). The fraction of sp³-hybridized carbons (Fsp3) is 0.286. The van der Waals surface area contributed by atoms with E-state index in [1.165, 1.54) is 6.92 Å². The van der Waals surface area contributed by atoms with Crippen LogP contribution in [0.15, 0.2) is 24.4 Å². The van der Waals surface area contributed by atoms with Gasteiger partial charge in [-0.15, -0.1) is 0 Å². The van der Waals surface area contributed by atoms with Crippen molar-refractivity contribution in [3.63, 3.8) is 0 Å². The number of aromatic nitrogens is 1. The van der Waals surface area contributed by atoms with Gasteiger partial charge in [-0.2, -0.15) is 0 Å². The maximum absolute atomic E-state index is 11.8. The van der Waals surface area contributed by atoms with Gasteiger partial charge in [0.1, 0.15) is 18.0 Å². The number of methoxy groups -OCH3 is 2. The van der Waals surface area contributed by atoms with Gasteiger partial charge in [0.2, 0.25) is 5.91 Å². The fourth-order valence-electron chi connectivity index (χ4n) is 2.01. The molecule has 0 radical (unpaired) electrons. The van der Waals surface area contributed by atoms with Crippen LogP contribution in [-0.2, 0) is 16.1 Å². The lowest BCUT2D eigenvalue weighted by Crippen LogP contribution is -2.41. The molecule has 0 bridgehead atoms. The van der Waals surface area contributed by atoms with Crippen LogP contribution in [0.1, 0.15) is 6.92 Å². The molecule has 0 aliphatic heterocycles. The third-order valence-electron chi connectivity index (χ3n) is 2.97. The summed E-state index contributed by atoms with van der Waals surface area (Å²) in [4.78, 5) is 22.5. The molecule has 0 atom stereocenters. The molecule has 0 fully saturated rings. The predicted octanol–water partition coefficient (Wildman–Crippen LogP) is 0.826. The van der Waals surface area contributed by atoms with Crippen LogP contribution in [0.2, 0.25) is 0 Å². The van der Waals surface area contributed by atoms with Gasteiger partial charge in [-0.1, -0.05) is 0 Å². The summed E-state index contributed by atoms with van der Waals surface area (Å²) >= 11 is 0. The Morgan fingerprint density at radius 1 is 1.19 bits per heavy atom. The van der Waals surface area contributed by atoms with E-state index in [1.54, 1.807) is 31.0 Å². The number of nitrogens with one attached hydrogen (secondary N) is 2. The molecular formula is C14H17N3O4. The number of benzene rings is 1. The van der Waals surface area contributed by atoms with Crippen molar-refractivity contribution in [2.45, 2.75) is 13.5 Å². The Kier molecular flexibility index (Phi) is 4.32. The fourth-order valence-corrected chi connectivity index (χ4v) is 2.01. The van der Waals surface area contributed by atoms with Crippen molar-refractivity contribution in [3.05, 3.63) is 24.4 Å². The monoisotopic (exact) mass is 291 g/mol. The highest BCUT2D eigenvalue weighted by Crippen LogP contribution is 2.31. The normalized spacial score (nSPS) is 10.2. The smallest absolute Gasteiger partial charge is 0.258 e. The number of hydrazine groups is 1. The minimum absolute atomic E-state index is 0.0695. The van der Waals surface area contributed by atoms with Crippen LogP contribution < -0.4 is 20.3 Å². The molecule has 112 valence electrons. The number of nitrogens with zero attached hydrogens (tertiary/aromatic N) is 1. The highest BCUT2D eigenvalue weighted by molar-refractivity contribution is 5.89. The van der Waals surface area contributed by atoms with Crippen LogP contribution in [0.5, 0.6) is 11.5 Å². The average Bonchev–Trinajstić information content (AvgIpc) is 2.87. The molecule has 21 heavy (non-hydrogen) atoms. The molecule has 1 aromatic carbocycles. The summed E-state index contributed by atoms with van der Waals surface area (Å²) in [6, 6.07) is 5.47. The van der Waals surface area contributed by atoms with Crippen molar-refractivity contribution >= 4 is 22.7 Å². The number of carbonyl (C=O) groups is 2. The van der Waals surface area contributed by atoms with E-state index in [0.29, 0.717) is 11.5 Å². The van der Waals surface area contributed by atoms with E-state index in [2.05, 4.69) is 10.9 Å². The van der Waals surface area contributed by atoms with Gasteiger partial charge in [-0.05, 0) is 6.07 Å². The molecule has 0 unspecified atom stereocenters. The molecule has 2 rings (SSSR count). The lowest BCUT2D eigenvalue weighted by atomic mass is 10.2. The van der Waals surface area contributed by atoms with Crippen LogP contribution in [0.25, 0.3) is 10.9 Å². The summed E-state index contributed by atoms with van der Waals surface area (Å²) < 4.78 is 12.3. The number of ether oxygens (including phenoxy) is 2. The zero-order valence-electron chi connectivity index (χ0n) is 12.1. The minimum Gasteiger partial charge on any atom is -0.497 e. The van der Waals surface area contributed by atoms with E-state index in [4.69, 9.17) is 9.47 Å². The first-order valence-electron chi connectivity index (χ1n) is 6.31. The second kappa shape index (κ2) is 6.17. The van der Waals surface area contributed by atoms with Crippen molar-refractivity contribution in [2.24, 2.45) is 0 Å². The van der Waals surface area contributed by atoms with Gasteiger partial charge in [0, 0.05) is 30.6 Å². The number of hydrogen-bond acceptors (Lipinski definition) is 4. The maximum Gasteiger partial charge on any atom is 0.258 e. The zero-order chi connectivity index (χ0) is 15.4. The molecule has 2 aromatic rings. The molecule has 0 aliphatic carbocycles. The lowest BCUT2D eigenvalue weighted by molar-refractivity contribution is -0.128. The first-order chi connectivity index (χ1) is 10.0. The van der Waals surface area contributed by atoms with Crippen molar-refractivity contribution in [1.82, 2.24) is 15.4 Å². The largest absolute Gasteiger partial charge is 0.497 e. The Bertz CT molecular complexity index is 678. The van der Waals surface area contributed by atoms with Crippen molar-refractivity contribution in [1.29, 1.82) is 0 Å². The van der Waals surface area contributed by atoms with E-state index in [-0.39, 0.29) is 18.4 Å². The van der Waals surface area contributed by atoms with Crippen LogP contribution in [0.3, 0.4) is 0 Å². The Morgan fingerprint density at radius 3 is 2.57 bits per heavy atom. The van der Waals surface area contributed by atoms with E-state index in [9.17, 15) is 9.59 Å². The van der Waals surface area contributed by atoms with E-state index in [1.807, 2.05) is 12.1 Å². The molecule has 0 saturated heterocycles. The van der Waals surface area contributed by atoms with E-state index >= 15 is 0 Å². The zero-order valence-corrected chi connectivity index (χ0v) is 12.1. The Hall–Kier alpha value is -2.70. The summed E-state index contributed by atoms with van der Waals surface area (Å²) in [5, 5.41) is 0.880. The summed E-state index contributed by atoms with van der Waals surface area (Å²) in [6.45, 7) is 1.39. The van der Waals surface area contributed by atoms with E-state index < -0.39 is 0 Å². The quantitative estimate of drug-likeness (QED) is 0.817. The van der Waals surface area contributed by atoms with Gasteiger partial charge < -0.3 is 14.0 Å². The Labute approximate surface area is 121 Å². The molecule has 2 amide bonds. The van der Waals surface area contributed by atoms with Crippen molar-refractivity contribution in [2.75, 3.05) is 14.2 Å². The van der Waals surface area contributed by atoms with Crippen molar-refractivity contribution in [3.8, 4) is 11.5 Å². The van der Waals surface area contributed by atoms with Crippen LogP contribution in [0.4, 0.5) is 0 Å². The molecule has 2 N–H and O–H groups in total. The van der Waals surface area contributed by atoms with Gasteiger partial charge in [-0.25, -0.2) is 0 Å². The summed E-state index contributed by atoms with van der Waals surface area (Å²) in [5.41, 5.74) is 5.38. The molecule has 7 heteroatoms. The average molecular weight is 291 g/mol. The third-order valence-corrected chi connectivity index (χ3v) is 2.97. The first kappa shape index (κ1) is 14.7.